The molecule has 0 bridgehead atoms. The standard InChI is InChI=1S/C12H13FO4/c1-2-16-8-17-12-9(6-7-11(14)15)4-3-5-10(12)13/h3-7H,2,8H2,1H3,(H,14,15)/b7-6+. The highest BCUT2D eigenvalue weighted by molar-refractivity contribution is 5.85. The monoisotopic (exact) mass is 240 g/mol. The molecule has 17 heavy (non-hydrogen) atoms. The van der Waals surface area contributed by atoms with Gasteiger partial charge in [0, 0.05) is 18.2 Å². The molecule has 0 amide bonds. The van der Waals surface area contributed by atoms with Crippen LogP contribution in [0.1, 0.15) is 12.5 Å². The Bertz CT molecular complexity index is 415. The maximum Gasteiger partial charge on any atom is 0.328 e. The van der Waals surface area contributed by atoms with Crippen LogP contribution in [0.5, 0.6) is 5.75 Å². The van der Waals surface area contributed by atoms with Crippen LogP contribution in [0.4, 0.5) is 4.39 Å². The van der Waals surface area contributed by atoms with E-state index in [1.165, 1.54) is 18.2 Å². The maximum absolute atomic E-state index is 13.4. The number of para-hydroxylation sites is 1. The molecule has 0 saturated carbocycles. The summed E-state index contributed by atoms with van der Waals surface area (Å²) in [5.41, 5.74) is 0.354. The number of ether oxygens (including phenoxy) is 2. The predicted octanol–water partition coefficient (Wildman–Crippen LogP) is 2.30. The molecule has 0 aliphatic carbocycles. The molecule has 0 aliphatic heterocycles. The minimum atomic E-state index is -1.11. The average Bonchev–Trinajstić information content (AvgIpc) is 2.29. The summed E-state index contributed by atoms with van der Waals surface area (Å²) in [4.78, 5) is 10.4. The number of benzene rings is 1. The lowest BCUT2D eigenvalue weighted by Crippen LogP contribution is -2.04. The van der Waals surface area contributed by atoms with Crippen molar-refractivity contribution in [1.29, 1.82) is 0 Å². The minimum Gasteiger partial charge on any atom is -0.478 e. The number of carboxylic acid groups (broad SMARTS) is 1. The first-order chi connectivity index (χ1) is 8.15. The van der Waals surface area contributed by atoms with Gasteiger partial charge >= 0.3 is 5.97 Å². The Balaban J connectivity index is 2.87. The van der Waals surface area contributed by atoms with Crippen molar-refractivity contribution in [2.45, 2.75) is 6.92 Å². The van der Waals surface area contributed by atoms with E-state index in [4.69, 9.17) is 14.6 Å². The van der Waals surface area contributed by atoms with Crippen LogP contribution >= 0.6 is 0 Å². The van der Waals surface area contributed by atoms with Gasteiger partial charge in [0.1, 0.15) is 0 Å². The fourth-order valence-electron chi connectivity index (χ4n) is 1.15. The van der Waals surface area contributed by atoms with E-state index in [1.807, 2.05) is 0 Å². The highest BCUT2D eigenvalue weighted by Gasteiger charge is 2.07. The number of carboxylic acids is 1. The van der Waals surface area contributed by atoms with Gasteiger partial charge in [-0.25, -0.2) is 9.18 Å². The van der Waals surface area contributed by atoms with E-state index in [1.54, 1.807) is 13.0 Å². The van der Waals surface area contributed by atoms with E-state index in [-0.39, 0.29) is 12.5 Å². The second kappa shape index (κ2) is 6.65. The summed E-state index contributed by atoms with van der Waals surface area (Å²) >= 11 is 0. The normalized spacial score (nSPS) is 10.7. The van der Waals surface area contributed by atoms with Crippen molar-refractivity contribution in [3.8, 4) is 5.75 Å². The molecule has 0 radical (unpaired) electrons. The molecule has 0 unspecified atom stereocenters. The number of aliphatic carboxylic acids is 1. The molecule has 5 heteroatoms. The average molecular weight is 240 g/mol. The van der Waals surface area contributed by atoms with Crippen LogP contribution in [0.2, 0.25) is 0 Å². The summed E-state index contributed by atoms with van der Waals surface area (Å²) in [5.74, 6) is -1.68. The smallest absolute Gasteiger partial charge is 0.328 e. The Kier molecular flexibility index (Phi) is 5.16. The SMILES string of the molecule is CCOCOc1c(F)cccc1/C=C/C(=O)O. The predicted molar refractivity (Wildman–Crippen MR) is 60.2 cm³/mol. The molecule has 0 saturated heterocycles. The van der Waals surface area contributed by atoms with E-state index in [2.05, 4.69) is 0 Å². The molecular formula is C12H13FO4. The molecule has 0 heterocycles. The van der Waals surface area contributed by atoms with Crippen LogP contribution in [0.15, 0.2) is 24.3 Å². The van der Waals surface area contributed by atoms with E-state index in [0.29, 0.717) is 12.2 Å². The molecule has 0 aliphatic rings. The van der Waals surface area contributed by atoms with Crippen LogP contribution < -0.4 is 4.74 Å². The van der Waals surface area contributed by atoms with Gasteiger partial charge in [-0.15, -0.1) is 0 Å². The van der Waals surface area contributed by atoms with Gasteiger partial charge in [0.15, 0.2) is 18.4 Å². The first-order valence-corrected chi connectivity index (χ1v) is 5.05. The summed E-state index contributed by atoms with van der Waals surface area (Å²) in [5, 5.41) is 8.50. The van der Waals surface area contributed by atoms with E-state index in [0.717, 1.165) is 6.08 Å². The van der Waals surface area contributed by atoms with Crippen molar-refractivity contribution < 1.29 is 23.8 Å². The molecule has 0 aromatic heterocycles. The highest BCUT2D eigenvalue weighted by atomic mass is 19.1. The number of rotatable bonds is 6. The molecule has 0 spiro atoms. The quantitative estimate of drug-likeness (QED) is 0.471. The molecule has 4 nitrogen and oxygen atoms in total. The number of hydrogen-bond donors (Lipinski definition) is 1. The summed E-state index contributed by atoms with van der Waals surface area (Å²) in [6.07, 6.45) is 2.19. The lowest BCUT2D eigenvalue weighted by molar-refractivity contribution is -0.131. The minimum absolute atomic E-state index is 0.0153. The zero-order chi connectivity index (χ0) is 12.7. The molecule has 1 aromatic rings. The third-order valence-corrected chi connectivity index (χ3v) is 1.89. The van der Waals surface area contributed by atoms with E-state index < -0.39 is 11.8 Å². The Labute approximate surface area is 98.3 Å². The van der Waals surface area contributed by atoms with Crippen molar-refractivity contribution in [3.63, 3.8) is 0 Å². The van der Waals surface area contributed by atoms with Gasteiger partial charge in [-0.3, -0.25) is 0 Å². The van der Waals surface area contributed by atoms with Crippen molar-refractivity contribution >= 4 is 12.0 Å². The van der Waals surface area contributed by atoms with Crippen molar-refractivity contribution in [3.05, 3.63) is 35.7 Å². The van der Waals surface area contributed by atoms with Crippen LogP contribution in [0, 0.1) is 5.82 Å². The molecule has 0 atom stereocenters. The summed E-state index contributed by atoms with van der Waals surface area (Å²) in [7, 11) is 0. The lowest BCUT2D eigenvalue weighted by atomic mass is 10.2. The summed E-state index contributed by atoms with van der Waals surface area (Å²) < 4.78 is 23.5. The number of carbonyl (C=O) groups is 1. The Morgan fingerprint density at radius 1 is 1.53 bits per heavy atom. The maximum atomic E-state index is 13.4. The molecule has 0 fully saturated rings. The molecule has 1 N–H and O–H groups in total. The van der Waals surface area contributed by atoms with Gasteiger partial charge in [0.25, 0.3) is 0 Å². The molecular weight excluding hydrogens is 227 g/mol. The zero-order valence-electron chi connectivity index (χ0n) is 9.35. The number of hydrogen-bond acceptors (Lipinski definition) is 3. The Morgan fingerprint density at radius 2 is 2.29 bits per heavy atom. The van der Waals surface area contributed by atoms with Crippen LogP contribution in [-0.4, -0.2) is 24.5 Å². The van der Waals surface area contributed by atoms with E-state index >= 15 is 0 Å². The zero-order valence-corrected chi connectivity index (χ0v) is 9.35. The van der Waals surface area contributed by atoms with Crippen molar-refractivity contribution in [2.24, 2.45) is 0 Å². The van der Waals surface area contributed by atoms with Gasteiger partial charge < -0.3 is 14.6 Å². The fraction of sp³-hybridized carbons (Fsp3) is 0.250. The third kappa shape index (κ3) is 4.24. The third-order valence-electron chi connectivity index (χ3n) is 1.89. The largest absolute Gasteiger partial charge is 0.478 e. The van der Waals surface area contributed by atoms with Crippen LogP contribution in [0.3, 0.4) is 0 Å². The van der Waals surface area contributed by atoms with Gasteiger partial charge in [-0.05, 0) is 19.1 Å². The van der Waals surface area contributed by atoms with Gasteiger partial charge in [0.05, 0.1) is 0 Å². The van der Waals surface area contributed by atoms with Crippen molar-refractivity contribution in [2.75, 3.05) is 13.4 Å². The molecule has 92 valence electrons. The summed E-state index contributed by atoms with van der Waals surface area (Å²) in [6, 6.07) is 4.27. The fourth-order valence-corrected chi connectivity index (χ4v) is 1.15. The van der Waals surface area contributed by atoms with Crippen LogP contribution in [0.25, 0.3) is 6.08 Å². The second-order valence-electron chi connectivity index (χ2n) is 3.08. The van der Waals surface area contributed by atoms with Gasteiger partial charge in [0.2, 0.25) is 0 Å². The molecule has 1 rings (SSSR count). The summed E-state index contributed by atoms with van der Waals surface area (Å²) in [6.45, 7) is 2.16. The van der Waals surface area contributed by atoms with Crippen LogP contribution in [-0.2, 0) is 9.53 Å². The Hall–Kier alpha value is -1.88. The highest BCUT2D eigenvalue weighted by Crippen LogP contribution is 2.23. The topological polar surface area (TPSA) is 55.8 Å². The first kappa shape index (κ1) is 13.2. The number of halogens is 1. The van der Waals surface area contributed by atoms with Crippen molar-refractivity contribution in [1.82, 2.24) is 0 Å². The van der Waals surface area contributed by atoms with Gasteiger partial charge in [-0.1, -0.05) is 12.1 Å². The first-order valence-electron chi connectivity index (χ1n) is 5.05. The molecule has 1 aromatic carbocycles. The lowest BCUT2D eigenvalue weighted by Gasteiger charge is -2.09. The second-order valence-corrected chi connectivity index (χ2v) is 3.08. The van der Waals surface area contributed by atoms with E-state index in [9.17, 15) is 9.18 Å². The van der Waals surface area contributed by atoms with Gasteiger partial charge in [-0.2, -0.15) is 0 Å². The Morgan fingerprint density at radius 3 is 2.94 bits per heavy atom.